The van der Waals surface area contributed by atoms with Crippen molar-refractivity contribution in [2.75, 3.05) is 13.2 Å². The van der Waals surface area contributed by atoms with Crippen molar-refractivity contribution in [1.82, 2.24) is 0 Å². The maximum atomic E-state index is 6.79. The monoisotopic (exact) mass is 359 g/mol. The highest BCUT2D eigenvalue weighted by Gasteiger charge is 2.40. The van der Waals surface area contributed by atoms with Crippen molar-refractivity contribution in [3.63, 3.8) is 0 Å². The van der Waals surface area contributed by atoms with Gasteiger partial charge in [-0.15, -0.1) is 0 Å². The summed E-state index contributed by atoms with van der Waals surface area (Å²) < 4.78 is 6.79. The quantitative estimate of drug-likeness (QED) is 0.461. The molecule has 2 nitrogen and oxygen atoms in total. The Hall–Kier alpha value is -2.42. The van der Waals surface area contributed by atoms with Gasteiger partial charge < -0.3 is 10.5 Å². The largest absolute Gasteiger partial charge is 0.361 e. The number of hydrogen-bond acceptors (Lipinski definition) is 2. The van der Waals surface area contributed by atoms with E-state index in [0.717, 1.165) is 6.42 Å². The van der Waals surface area contributed by atoms with Crippen LogP contribution in [-0.2, 0) is 10.3 Å². The average molecular weight is 360 g/mol. The summed E-state index contributed by atoms with van der Waals surface area (Å²) in [7, 11) is 0. The van der Waals surface area contributed by atoms with Gasteiger partial charge in [-0.25, -0.2) is 0 Å². The first kappa shape index (κ1) is 19.3. The molecule has 0 unspecified atom stereocenters. The lowest BCUT2D eigenvalue weighted by molar-refractivity contribution is 0.0111. The number of nitrogens with two attached hydrogens (primary N) is 1. The SMILES string of the molecule is Cc1ccccc1C(OCCCN)(c1ccccc1C)c1ccccc1C. The van der Waals surface area contributed by atoms with Crippen LogP contribution in [0.3, 0.4) is 0 Å². The summed E-state index contributed by atoms with van der Waals surface area (Å²) in [6.45, 7) is 7.70. The highest BCUT2D eigenvalue weighted by molar-refractivity contribution is 5.54. The fourth-order valence-corrected chi connectivity index (χ4v) is 3.88. The molecule has 0 fully saturated rings. The van der Waals surface area contributed by atoms with Crippen molar-refractivity contribution in [3.05, 3.63) is 106 Å². The second kappa shape index (κ2) is 8.51. The number of hydrogen-bond donors (Lipinski definition) is 1. The van der Waals surface area contributed by atoms with Gasteiger partial charge >= 0.3 is 0 Å². The maximum Gasteiger partial charge on any atom is 0.144 e. The van der Waals surface area contributed by atoms with Crippen LogP contribution in [0.4, 0.5) is 0 Å². The Balaban J connectivity index is 2.37. The van der Waals surface area contributed by atoms with Crippen molar-refractivity contribution < 1.29 is 4.74 Å². The van der Waals surface area contributed by atoms with E-state index in [1.54, 1.807) is 0 Å². The molecule has 0 saturated heterocycles. The number of aryl methyl sites for hydroxylation is 3. The van der Waals surface area contributed by atoms with E-state index in [2.05, 4.69) is 93.6 Å². The normalized spacial score (nSPS) is 11.6. The van der Waals surface area contributed by atoms with E-state index in [1.165, 1.54) is 33.4 Å². The smallest absolute Gasteiger partial charge is 0.144 e. The molecule has 3 rings (SSSR count). The molecule has 0 bridgehead atoms. The Morgan fingerprint density at radius 1 is 0.667 bits per heavy atom. The summed E-state index contributed by atoms with van der Waals surface area (Å²) in [6, 6.07) is 25.6. The molecule has 27 heavy (non-hydrogen) atoms. The Morgan fingerprint density at radius 3 is 1.37 bits per heavy atom. The molecule has 0 amide bonds. The van der Waals surface area contributed by atoms with Gasteiger partial charge in [0.2, 0.25) is 0 Å². The first-order valence-electron chi connectivity index (χ1n) is 9.63. The van der Waals surface area contributed by atoms with Gasteiger partial charge in [-0.2, -0.15) is 0 Å². The molecule has 0 radical (unpaired) electrons. The van der Waals surface area contributed by atoms with Crippen molar-refractivity contribution >= 4 is 0 Å². The van der Waals surface area contributed by atoms with Crippen LogP contribution in [0.15, 0.2) is 72.8 Å². The van der Waals surface area contributed by atoms with Crippen LogP contribution in [-0.4, -0.2) is 13.2 Å². The minimum absolute atomic E-state index is 0.605. The Labute approximate surface area is 163 Å². The third-order valence-corrected chi connectivity index (χ3v) is 5.24. The predicted octanol–water partition coefficient (Wildman–Crippen LogP) is 5.27. The zero-order valence-electron chi connectivity index (χ0n) is 16.5. The van der Waals surface area contributed by atoms with Crippen LogP contribution in [0.1, 0.15) is 39.8 Å². The van der Waals surface area contributed by atoms with Crippen molar-refractivity contribution in [3.8, 4) is 0 Å². The summed E-state index contributed by atoms with van der Waals surface area (Å²) >= 11 is 0. The zero-order chi connectivity index (χ0) is 19.3. The molecule has 0 aliphatic heterocycles. The van der Waals surface area contributed by atoms with Gasteiger partial charge in [-0.3, -0.25) is 0 Å². The van der Waals surface area contributed by atoms with Crippen LogP contribution >= 0.6 is 0 Å². The highest BCUT2D eigenvalue weighted by atomic mass is 16.5. The number of ether oxygens (including phenoxy) is 1. The lowest BCUT2D eigenvalue weighted by Gasteiger charge is -2.39. The van der Waals surface area contributed by atoms with Crippen LogP contribution in [0.5, 0.6) is 0 Å². The standard InChI is InChI=1S/C25H29NO/c1-19-11-4-7-14-22(19)25(27-18-10-17-26,23-15-8-5-12-20(23)2)24-16-9-6-13-21(24)3/h4-9,11-16H,10,17-18,26H2,1-3H3. The van der Waals surface area contributed by atoms with E-state index >= 15 is 0 Å². The van der Waals surface area contributed by atoms with E-state index in [9.17, 15) is 0 Å². The third-order valence-electron chi connectivity index (χ3n) is 5.24. The Kier molecular flexibility index (Phi) is 6.10. The van der Waals surface area contributed by atoms with Crippen molar-refractivity contribution in [2.45, 2.75) is 32.8 Å². The summed E-state index contributed by atoms with van der Waals surface area (Å²) in [4.78, 5) is 0. The topological polar surface area (TPSA) is 35.2 Å². The molecule has 2 N–H and O–H groups in total. The molecular weight excluding hydrogens is 330 g/mol. The van der Waals surface area contributed by atoms with Crippen molar-refractivity contribution in [2.24, 2.45) is 5.73 Å². The minimum Gasteiger partial charge on any atom is -0.361 e. The molecule has 2 heteroatoms. The summed E-state index contributed by atoms with van der Waals surface area (Å²) in [5.41, 5.74) is 12.3. The lowest BCUT2D eigenvalue weighted by Crippen LogP contribution is -2.36. The number of rotatable bonds is 7. The van der Waals surface area contributed by atoms with Crippen molar-refractivity contribution in [1.29, 1.82) is 0 Å². The molecule has 0 atom stereocenters. The molecule has 3 aromatic rings. The Bertz CT molecular complexity index is 789. The molecule has 0 aromatic heterocycles. The fourth-order valence-electron chi connectivity index (χ4n) is 3.88. The van der Waals surface area contributed by atoms with Crippen LogP contribution in [0.25, 0.3) is 0 Å². The van der Waals surface area contributed by atoms with E-state index in [4.69, 9.17) is 10.5 Å². The molecule has 140 valence electrons. The Morgan fingerprint density at radius 2 is 1.04 bits per heavy atom. The first-order valence-corrected chi connectivity index (χ1v) is 9.63. The van der Waals surface area contributed by atoms with Gasteiger partial charge in [0.25, 0.3) is 0 Å². The summed E-state index contributed by atoms with van der Waals surface area (Å²) in [5.74, 6) is 0. The molecule has 0 aliphatic carbocycles. The van der Waals surface area contributed by atoms with Gasteiger partial charge in [-0.05, 0) is 67.1 Å². The minimum atomic E-state index is -0.656. The third kappa shape index (κ3) is 3.69. The van der Waals surface area contributed by atoms with Gasteiger partial charge in [0.1, 0.15) is 5.60 Å². The first-order chi connectivity index (χ1) is 13.1. The second-order valence-corrected chi connectivity index (χ2v) is 7.12. The van der Waals surface area contributed by atoms with Crippen LogP contribution < -0.4 is 5.73 Å². The van der Waals surface area contributed by atoms with E-state index in [0.29, 0.717) is 13.2 Å². The second-order valence-electron chi connectivity index (χ2n) is 7.12. The summed E-state index contributed by atoms with van der Waals surface area (Å²) in [6.07, 6.45) is 0.825. The number of benzene rings is 3. The zero-order valence-corrected chi connectivity index (χ0v) is 16.5. The molecule has 0 heterocycles. The average Bonchev–Trinajstić information content (AvgIpc) is 2.68. The molecular formula is C25H29NO. The van der Waals surface area contributed by atoms with E-state index in [-0.39, 0.29) is 0 Å². The summed E-state index contributed by atoms with van der Waals surface area (Å²) in [5, 5.41) is 0. The van der Waals surface area contributed by atoms with Gasteiger partial charge in [0.05, 0.1) is 0 Å². The van der Waals surface area contributed by atoms with E-state index in [1.807, 2.05) is 0 Å². The van der Waals surface area contributed by atoms with Gasteiger partial charge in [0, 0.05) is 6.61 Å². The predicted molar refractivity (Wildman–Crippen MR) is 113 cm³/mol. The molecule has 0 spiro atoms. The van der Waals surface area contributed by atoms with Crippen LogP contribution in [0.2, 0.25) is 0 Å². The lowest BCUT2D eigenvalue weighted by atomic mass is 9.75. The van der Waals surface area contributed by atoms with E-state index < -0.39 is 5.60 Å². The molecule has 0 aliphatic rings. The fraction of sp³-hybridized carbons (Fsp3) is 0.280. The van der Waals surface area contributed by atoms with Gasteiger partial charge in [-0.1, -0.05) is 72.8 Å². The highest BCUT2D eigenvalue weighted by Crippen LogP contribution is 2.44. The maximum absolute atomic E-state index is 6.79. The molecule has 3 aromatic carbocycles. The molecule has 0 saturated carbocycles. The van der Waals surface area contributed by atoms with Crippen LogP contribution in [0, 0.1) is 20.8 Å². The van der Waals surface area contributed by atoms with Gasteiger partial charge in [0.15, 0.2) is 0 Å².